The lowest BCUT2D eigenvalue weighted by molar-refractivity contribution is -0.176. The van der Waals surface area contributed by atoms with Crippen molar-refractivity contribution in [3.63, 3.8) is 0 Å². The molecule has 1 spiro atoms. The van der Waals surface area contributed by atoms with E-state index >= 15 is 0 Å². The summed E-state index contributed by atoms with van der Waals surface area (Å²) in [6.45, 7) is 7.92. The number of carbonyl (C=O) groups excluding carboxylic acids is 1. The van der Waals surface area contributed by atoms with Gasteiger partial charge in [0.25, 0.3) is 5.56 Å². The van der Waals surface area contributed by atoms with Crippen molar-refractivity contribution in [3.8, 4) is 5.82 Å². The van der Waals surface area contributed by atoms with Crippen molar-refractivity contribution in [3.05, 3.63) is 88.9 Å². The zero-order chi connectivity index (χ0) is 31.5. The minimum absolute atomic E-state index is 0.0290. The van der Waals surface area contributed by atoms with Crippen molar-refractivity contribution in [2.45, 2.75) is 63.7 Å². The highest BCUT2D eigenvalue weighted by Crippen LogP contribution is 2.50. The average Bonchev–Trinajstić information content (AvgIpc) is 3.51. The number of carbonyl (C=O) groups is 1. The molecule has 3 aliphatic rings. The van der Waals surface area contributed by atoms with Crippen LogP contribution in [-0.4, -0.2) is 45.6 Å². The maximum atomic E-state index is 13.4. The van der Waals surface area contributed by atoms with Crippen molar-refractivity contribution in [1.82, 2.24) is 19.7 Å². The van der Waals surface area contributed by atoms with Gasteiger partial charge in [-0.1, -0.05) is 19.1 Å². The fourth-order valence-corrected chi connectivity index (χ4v) is 7.38. The smallest absolute Gasteiger partial charge is 0.370 e. The van der Waals surface area contributed by atoms with E-state index < -0.39 is 18.1 Å². The first-order valence-corrected chi connectivity index (χ1v) is 15.4. The van der Waals surface area contributed by atoms with Gasteiger partial charge in [0.1, 0.15) is 0 Å². The van der Waals surface area contributed by atoms with Gasteiger partial charge in [0.2, 0.25) is 0 Å². The maximum absolute atomic E-state index is 13.4. The Bertz CT molecular complexity index is 1840. The number of aryl methyl sites for hydroxylation is 1. The van der Waals surface area contributed by atoms with Gasteiger partial charge in [-0.05, 0) is 86.2 Å². The number of allylic oxidation sites excluding steroid dienone is 1. The number of hydrogen-bond acceptors (Lipinski definition) is 5. The van der Waals surface area contributed by atoms with Crippen LogP contribution < -0.4 is 21.1 Å². The standard InChI is InChI=1S/C34H35F3N6O2/c1-3-15-42-31(44)27-13-10-24(16-28(27)43(42)29-14-7-22-6-5-21(4-2)30(22)40-29)38-23-8-11-26(12-9-23)41-19-33(20-41)17-25(18-33)39-32(45)34(35,36)37/h3,7-14,16,21,25,38H,1,4-6,15,17-20H2,2H3,(H,39,45). The molecule has 1 unspecified atom stereocenters. The highest BCUT2D eigenvalue weighted by Gasteiger charge is 2.54. The number of pyridine rings is 1. The van der Waals surface area contributed by atoms with E-state index in [-0.39, 0.29) is 11.0 Å². The number of hydrogen-bond donors (Lipinski definition) is 2. The summed E-state index contributed by atoms with van der Waals surface area (Å²) in [5.41, 5.74) is 5.80. The first kappa shape index (κ1) is 29.2. The van der Waals surface area contributed by atoms with Gasteiger partial charge in [-0.15, -0.1) is 6.58 Å². The van der Waals surface area contributed by atoms with Gasteiger partial charge in [-0.25, -0.2) is 14.3 Å². The Morgan fingerprint density at radius 2 is 1.82 bits per heavy atom. The fraction of sp³-hybridized carbons (Fsp3) is 0.382. The van der Waals surface area contributed by atoms with Crippen molar-refractivity contribution in [1.29, 1.82) is 0 Å². The van der Waals surface area contributed by atoms with Gasteiger partial charge >= 0.3 is 12.1 Å². The van der Waals surface area contributed by atoms with E-state index in [0.29, 0.717) is 30.7 Å². The molecule has 1 amide bonds. The summed E-state index contributed by atoms with van der Waals surface area (Å²) in [4.78, 5) is 31.9. The third kappa shape index (κ3) is 5.17. The summed E-state index contributed by atoms with van der Waals surface area (Å²) in [6.07, 6.45) is 1.17. The van der Waals surface area contributed by atoms with Crippen molar-refractivity contribution in [2.24, 2.45) is 5.41 Å². The van der Waals surface area contributed by atoms with Crippen LogP contribution in [0.3, 0.4) is 0 Å². The molecular formula is C34H35F3N6O2. The lowest BCUT2D eigenvalue weighted by Crippen LogP contribution is -2.67. The Labute approximate surface area is 258 Å². The largest absolute Gasteiger partial charge is 0.471 e. The van der Waals surface area contributed by atoms with E-state index in [9.17, 15) is 22.8 Å². The van der Waals surface area contributed by atoms with Gasteiger partial charge in [0, 0.05) is 53.2 Å². The van der Waals surface area contributed by atoms with E-state index in [2.05, 4.69) is 35.1 Å². The van der Waals surface area contributed by atoms with Crippen LogP contribution in [0.25, 0.3) is 16.7 Å². The summed E-state index contributed by atoms with van der Waals surface area (Å²) < 4.78 is 41.2. The number of rotatable bonds is 8. The van der Waals surface area contributed by atoms with Gasteiger partial charge in [0.15, 0.2) is 5.82 Å². The molecule has 1 saturated carbocycles. The molecule has 234 valence electrons. The molecule has 2 aromatic carbocycles. The molecule has 1 aliphatic heterocycles. The zero-order valence-corrected chi connectivity index (χ0v) is 25.0. The van der Waals surface area contributed by atoms with Crippen LogP contribution in [0.1, 0.15) is 49.8 Å². The van der Waals surface area contributed by atoms with E-state index in [0.717, 1.165) is 66.4 Å². The van der Waals surface area contributed by atoms with E-state index in [4.69, 9.17) is 4.98 Å². The van der Waals surface area contributed by atoms with Crippen LogP contribution in [0.4, 0.5) is 30.2 Å². The van der Waals surface area contributed by atoms with Crippen LogP contribution in [-0.2, 0) is 17.8 Å². The van der Waals surface area contributed by atoms with Crippen LogP contribution >= 0.6 is 0 Å². The molecule has 1 saturated heterocycles. The normalized spacial score (nSPS) is 18.8. The number of nitrogens with zero attached hydrogens (tertiary/aromatic N) is 4. The molecule has 45 heavy (non-hydrogen) atoms. The molecule has 8 nitrogen and oxygen atoms in total. The number of alkyl halides is 3. The highest BCUT2D eigenvalue weighted by atomic mass is 19.4. The Morgan fingerprint density at radius 1 is 1.09 bits per heavy atom. The zero-order valence-electron chi connectivity index (χ0n) is 25.0. The summed E-state index contributed by atoms with van der Waals surface area (Å²) in [6, 6.07) is 17.4. The van der Waals surface area contributed by atoms with Crippen LogP contribution in [0.2, 0.25) is 0 Å². The second kappa shape index (κ2) is 10.8. The van der Waals surface area contributed by atoms with Crippen molar-refractivity contribution in [2.75, 3.05) is 23.3 Å². The molecule has 1 atom stereocenters. The Morgan fingerprint density at radius 3 is 2.51 bits per heavy atom. The third-order valence-corrected chi connectivity index (χ3v) is 9.62. The molecule has 2 fully saturated rings. The summed E-state index contributed by atoms with van der Waals surface area (Å²) >= 11 is 0. The molecule has 4 aromatic rings. The Hall–Kier alpha value is -4.54. The summed E-state index contributed by atoms with van der Waals surface area (Å²) in [7, 11) is 0. The minimum Gasteiger partial charge on any atom is -0.370 e. The van der Waals surface area contributed by atoms with Crippen LogP contribution in [0, 0.1) is 5.41 Å². The summed E-state index contributed by atoms with van der Waals surface area (Å²) in [5, 5.41) is 6.16. The van der Waals surface area contributed by atoms with Gasteiger partial charge < -0.3 is 15.5 Å². The van der Waals surface area contributed by atoms with Crippen LogP contribution in [0.15, 0.2) is 72.0 Å². The van der Waals surface area contributed by atoms with Gasteiger partial charge in [-0.2, -0.15) is 13.2 Å². The number of amides is 1. The monoisotopic (exact) mass is 616 g/mol. The van der Waals surface area contributed by atoms with Gasteiger partial charge in [-0.3, -0.25) is 9.59 Å². The van der Waals surface area contributed by atoms with Crippen molar-refractivity contribution < 1.29 is 18.0 Å². The predicted octanol–water partition coefficient (Wildman–Crippen LogP) is 6.20. The van der Waals surface area contributed by atoms with Crippen LogP contribution in [0.5, 0.6) is 0 Å². The molecule has 0 bridgehead atoms. The second-order valence-corrected chi connectivity index (χ2v) is 12.7. The number of halogens is 3. The predicted molar refractivity (Wildman–Crippen MR) is 168 cm³/mol. The number of anilines is 3. The molecule has 2 aliphatic carbocycles. The number of nitrogens with one attached hydrogen (secondary N) is 2. The van der Waals surface area contributed by atoms with Gasteiger partial charge in [0.05, 0.1) is 17.4 Å². The van der Waals surface area contributed by atoms with E-state index in [1.807, 2.05) is 53.2 Å². The number of benzene rings is 2. The highest BCUT2D eigenvalue weighted by molar-refractivity contribution is 5.85. The molecular weight excluding hydrogens is 581 g/mol. The summed E-state index contributed by atoms with van der Waals surface area (Å²) in [5.74, 6) is -0.708. The first-order chi connectivity index (χ1) is 21.6. The van der Waals surface area contributed by atoms with E-state index in [1.165, 1.54) is 5.56 Å². The minimum atomic E-state index is -4.84. The molecule has 7 rings (SSSR count). The second-order valence-electron chi connectivity index (χ2n) is 12.7. The number of aromatic nitrogens is 3. The topological polar surface area (TPSA) is 84.2 Å². The van der Waals surface area contributed by atoms with Crippen molar-refractivity contribution >= 4 is 33.9 Å². The molecule has 11 heteroatoms. The SMILES string of the molecule is C=CCn1c(=O)c2ccc(Nc3ccc(N4CC5(CC(NC(=O)C(F)(F)F)C5)C4)cc3)cc2n1-c1ccc2c(n1)C(CC)CC2. The third-order valence-electron chi connectivity index (χ3n) is 9.62. The maximum Gasteiger partial charge on any atom is 0.471 e. The molecule has 2 N–H and O–H groups in total. The quantitative estimate of drug-likeness (QED) is 0.230. The molecule has 0 radical (unpaired) electrons. The molecule has 3 heterocycles. The average molecular weight is 617 g/mol. The number of fused-ring (bicyclic) bond motifs is 2. The fourth-order valence-electron chi connectivity index (χ4n) is 7.38. The lowest BCUT2D eigenvalue weighted by Gasteiger charge is -2.60. The lowest BCUT2D eigenvalue weighted by atomic mass is 9.60. The Kier molecular flexibility index (Phi) is 7.02. The molecule has 2 aromatic heterocycles. The first-order valence-electron chi connectivity index (χ1n) is 15.4. The Balaban J connectivity index is 1.07. The van der Waals surface area contributed by atoms with E-state index in [1.54, 1.807) is 10.8 Å².